The van der Waals surface area contributed by atoms with Gasteiger partial charge >= 0.3 is 0 Å². The van der Waals surface area contributed by atoms with Crippen molar-refractivity contribution in [3.63, 3.8) is 0 Å². The molecule has 0 aromatic carbocycles. The number of halogens is 1. The lowest BCUT2D eigenvalue weighted by Crippen LogP contribution is -2.22. The minimum atomic E-state index is 0.562. The number of anilines is 1. The van der Waals surface area contributed by atoms with Crippen LogP contribution in [0.3, 0.4) is 0 Å². The summed E-state index contributed by atoms with van der Waals surface area (Å²) in [5.41, 5.74) is 0.987. The quantitative estimate of drug-likeness (QED) is 0.688. The SMILES string of the molecule is Cc1c(Cl)ncnc1N1CC(C)C(C)C1. The van der Waals surface area contributed by atoms with Crippen LogP contribution in [0.5, 0.6) is 0 Å². The van der Waals surface area contributed by atoms with Gasteiger partial charge in [0.2, 0.25) is 0 Å². The van der Waals surface area contributed by atoms with E-state index in [0.29, 0.717) is 5.15 Å². The number of hydrogen-bond acceptors (Lipinski definition) is 3. The van der Waals surface area contributed by atoms with Crippen LogP contribution in [0.1, 0.15) is 19.4 Å². The van der Waals surface area contributed by atoms with Crippen molar-refractivity contribution in [1.29, 1.82) is 0 Å². The van der Waals surface area contributed by atoms with Crippen LogP contribution in [0.2, 0.25) is 5.15 Å². The maximum Gasteiger partial charge on any atom is 0.137 e. The van der Waals surface area contributed by atoms with Crippen LogP contribution in [-0.4, -0.2) is 23.1 Å². The Labute approximate surface area is 95.5 Å². The lowest BCUT2D eigenvalue weighted by atomic mass is 10.0. The Morgan fingerprint density at radius 1 is 1.27 bits per heavy atom. The first-order chi connectivity index (χ1) is 7.09. The summed E-state index contributed by atoms with van der Waals surface area (Å²) in [6.07, 6.45) is 1.54. The molecule has 0 amide bonds. The fraction of sp³-hybridized carbons (Fsp3) is 0.636. The molecule has 1 aromatic rings. The van der Waals surface area contributed by atoms with E-state index in [4.69, 9.17) is 11.6 Å². The molecule has 0 aliphatic carbocycles. The lowest BCUT2D eigenvalue weighted by molar-refractivity contribution is 0.494. The average Bonchev–Trinajstić information content (AvgIpc) is 2.51. The zero-order valence-corrected chi connectivity index (χ0v) is 10.1. The third-order valence-electron chi connectivity index (χ3n) is 3.28. The monoisotopic (exact) mass is 225 g/mol. The molecule has 82 valence electrons. The molecule has 4 heteroatoms. The molecule has 1 saturated heterocycles. The van der Waals surface area contributed by atoms with Crippen LogP contribution in [0.25, 0.3) is 0 Å². The second kappa shape index (κ2) is 3.97. The van der Waals surface area contributed by atoms with Crippen molar-refractivity contribution >= 4 is 17.4 Å². The van der Waals surface area contributed by atoms with E-state index in [0.717, 1.165) is 36.3 Å². The van der Waals surface area contributed by atoms with E-state index in [1.807, 2.05) is 6.92 Å². The summed E-state index contributed by atoms with van der Waals surface area (Å²) in [5, 5.41) is 0.562. The number of rotatable bonds is 1. The van der Waals surface area contributed by atoms with Crippen LogP contribution in [0, 0.1) is 18.8 Å². The van der Waals surface area contributed by atoms with Gasteiger partial charge in [0, 0.05) is 18.7 Å². The third kappa shape index (κ3) is 1.93. The zero-order chi connectivity index (χ0) is 11.0. The second-order valence-electron chi connectivity index (χ2n) is 4.47. The molecule has 15 heavy (non-hydrogen) atoms. The molecule has 2 unspecified atom stereocenters. The normalized spacial score (nSPS) is 26.0. The Morgan fingerprint density at radius 2 is 1.87 bits per heavy atom. The molecule has 2 atom stereocenters. The van der Waals surface area contributed by atoms with Crippen LogP contribution in [0.15, 0.2) is 6.33 Å². The molecular weight excluding hydrogens is 210 g/mol. The molecule has 1 aliphatic rings. The van der Waals surface area contributed by atoms with Crippen molar-refractivity contribution in [1.82, 2.24) is 9.97 Å². The summed E-state index contributed by atoms with van der Waals surface area (Å²) in [7, 11) is 0. The summed E-state index contributed by atoms with van der Waals surface area (Å²) < 4.78 is 0. The van der Waals surface area contributed by atoms with Gasteiger partial charge in [-0.1, -0.05) is 25.4 Å². The Morgan fingerprint density at radius 3 is 2.47 bits per heavy atom. The van der Waals surface area contributed by atoms with E-state index in [-0.39, 0.29) is 0 Å². The minimum absolute atomic E-state index is 0.562. The molecule has 3 nitrogen and oxygen atoms in total. The van der Waals surface area contributed by atoms with E-state index >= 15 is 0 Å². The standard InChI is InChI=1S/C11H16ClN3/c1-7-4-15(5-8(7)2)11-9(3)10(12)13-6-14-11/h6-8H,4-5H2,1-3H3. The largest absolute Gasteiger partial charge is 0.356 e. The predicted molar refractivity (Wildman–Crippen MR) is 62.3 cm³/mol. The molecule has 0 radical (unpaired) electrons. The Kier molecular flexibility index (Phi) is 2.83. The first kappa shape index (κ1) is 10.7. The van der Waals surface area contributed by atoms with Crippen LogP contribution < -0.4 is 4.90 Å². The highest BCUT2D eigenvalue weighted by atomic mass is 35.5. The van der Waals surface area contributed by atoms with Crippen molar-refractivity contribution in [3.8, 4) is 0 Å². The van der Waals surface area contributed by atoms with Crippen molar-refractivity contribution in [2.75, 3.05) is 18.0 Å². The Bertz CT molecular complexity index is 357. The highest BCUT2D eigenvalue weighted by Gasteiger charge is 2.28. The average molecular weight is 226 g/mol. The maximum atomic E-state index is 5.99. The summed E-state index contributed by atoms with van der Waals surface area (Å²) in [6.45, 7) is 8.67. The van der Waals surface area contributed by atoms with E-state index in [2.05, 4.69) is 28.7 Å². The minimum Gasteiger partial charge on any atom is -0.356 e. The van der Waals surface area contributed by atoms with Crippen LogP contribution >= 0.6 is 11.6 Å². The van der Waals surface area contributed by atoms with Gasteiger partial charge < -0.3 is 4.90 Å². The molecule has 2 heterocycles. The predicted octanol–water partition coefficient (Wildman–Crippen LogP) is 2.53. The van der Waals surface area contributed by atoms with Gasteiger partial charge in [-0.05, 0) is 18.8 Å². The van der Waals surface area contributed by atoms with Gasteiger partial charge in [0.25, 0.3) is 0 Å². The Hall–Kier alpha value is -0.830. The molecule has 0 saturated carbocycles. The number of nitrogens with zero attached hydrogens (tertiary/aromatic N) is 3. The van der Waals surface area contributed by atoms with Gasteiger partial charge in [-0.15, -0.1) is 0 Å². The van der Waals surface area contributed by atoms with Crippen molar-refractivity contribution in [2.24, 2.45) is 11.8 Å². The van der Waals surface area contributed by atoms with E-state index in [9.17, 15) is 0 Å². The fourth-order valence-electron chi connectivity index (χ4n) is 2.04. The summed E-state index contributed by atoms with van der Waals surface area (Å²) in [6, 6.07) is 0. The van der Waals surface area contributed by atoms with E-state index < -0.39 is 0 Å². The summed E-state index contributed by atoms with van der Waals surface area (Å²) in [4.78, 5) is 10.6. The first-order valence-corrected chi connectivity index (χ1v) is 5.69. The first-order valence-electron chi connectivity index (χ1n) is 5.31. The molecular formula is C11H16ClN3. The maximum absolute atomic E-state index is 5.99. The lowest BCUT2D eigenvalue weighted by Gasteiger charge is -2.19. The van der Waals surface area contributed by atoms with E-state index in [1.165, 1.54) is 0 Å². The summed E-state index contributed by atoms with van der Waals surface area (Å²) in [5.74, 6) is 2.43. The van der Waals surface area contributed by atoms with Gasteiger partial charge in [0.05, 0.1) is 0 Å². The zero-order valence-electron chi connectivity index (χ0n) is 9.37. The molecule has 2 rings (SSSR count). The van der Waals surface area contributed by atoms with Gasteiger partial charge in [0.1, 0.15) is 17.3 Å². The van der Waals surface area contributed by atoms with Gasteiger partial charge in [-0.2, -0.15) is 0 Å². The molecule has 0 bridgehead atoms. The highest BCUT2D eigenvalue weighted by molar-refractivity contribution is 6.30. The topological polar surface area (TPSA) is 29.0 Å². The van der Waals surface area contributed by atoms with Gasteiger partial charge in [-0.25, -0.2) is 9.97 Å². The highest BCUT2D eigenvalue weighted by Crippen LogP contribution is 2.29. The van der Waals surface area contributed by atoms with Gasteiger partial charge in [0.15, 0.2) is 0 Å². The van der Waals surface area contributed by atoms with Gasteiger partial charge in [-0.3, -0.25) is 0 Å². The second-order valence-corrected chi connectivity index (χ2v) is 4.83. The third-order valence-corrected chi connectivity index (χ3v) is 3.66. The molecule has 0 N–H and O–H groups in total. The fourth-order valence-corrected chi connectivity index (χ4v) is 2.17. The Balaban J connectivity index is 2.27. The number of hydrogen-bond donors (Lipinski definition) is 0. The van der Waals surface area contributed by atoms with Crippen LogP contribution in [-0.2, 0) is 0 Å². The van der Waals surface area contributed by atoms with Crippen molar-refractivity contribution in [2.45, 2.75) is 20.8 Å². The van der Waals surface area contributed by atoms with Crippen LogP contribution in [0.4, 0.5) is 5.82 Å². The smallest absolute Gasteiger partial charge is 0.137 e. The molecule has 1 aromatic heterocycles. The summed E-state index contributed by atoms with van der Waals surface area (Å²) >= 11 is 5.99. The number of aromatic nitrogens is 2. The van der Waals surface area contributed by atoms with Crippen molar-refractivity contribution < 1.29 is 0 Å². The molecule has 1 aliphatic heterocycles. The van der Waals surface area contributed by atoms with E-state index in [1.54, 1.807) is 6.33 Å². The molecule has 0 spiro atoms. The molecule has 1 fully saturated rings. The van der Waals surface area contributed by atoms with Crippen molar-refractivity contribution in [3.05, 3.63) is 17.0 Å².